The van der Waals surface area contributed by atoms with Crippen molar-refractivity contribution in [2.75, 3.05) is 6.61 Å². The van der Waals surface area contributed by atoms with E-state index in [4.69, 9.17) is 4.74 Å². The number of rotatable bonds is 5. The van der Waals surface area contributed by atoms with Crippen LogP contribution in [0.25, 0.3) is 0 Å². The van der Waals surface area contributed by atoms with Crippen LogP contribution >= 0.6 is 0 Å². The molecule has 0 radical (unpaired) electrons. The molecule has 1 heterocycles. The van der Waals surface area contributed by atoms with E-state index in [0.29, 0.717) is 5.92 Å². The standard InChI is InChI=1S/C12H16O.C10H20/c1-9(2)12(3)8-13-11-7-5-4-6-10(11)12;1-8(2)6-10(5)7-9(3)4/h4-7,9H,8H2,1-3H3;8-9H,5-7H2,1-4H3. The highest BCUT2D eigenvalue weighted by Gasteiger charge is 2.38. The molecule has 0 fully saturated rings. The SMILES string of the molecule is C=C(CC(C)C)CC(C)C.CC(C)C1(C)COc2ccccc21. The van der Waals surface area contributed by atoms with Crippen LogP contribution in [0.1, 0.15) is 66.9 Å². The monoisotopic (exact) mass is 316 g/mol. The molecule has 1 aliphatic rings. The average Bonchev–Trinajstić information content (AvgIpc) is 2.77. The van der Waals surface area contributed by atoms with Crippen LogP contribution in [0.2, 0.25) is 0 Å². The molecular weight excluding hydrogens is 280 g/mol. The molecule has 2 rings (SSSR count). The minimum atomic E-state index is 0.205. The van der Waals surface area contributed by atoms with E-state index in [1.165, 1.54) is 24.0 Å². The molecule has 1 aromatic carbocycles. The fraction of sp³-hybridized carbons (Fsp3) is 0.636. The molecule has 1 unspecified atom stereocenters. The lowest BCUT2D eigenvalue weighted by Gasteiger charge is -2.27. The van der Waals surface area contributed by atoms with Crippen molar-refractivity contribution in [2.45, 2.75) is 66.7 Å². The number of hydrogen-bond donors (Lipinski definition) is 0. The third kappa shape index (κ3) is 5.71. The Labute approximate surface area is 144 Å². The minimum absolute atomic E-state index is 0.205. The van der Waals surface area contributed by atoms with Gasteiger partial charge in [-0.1, -0.05) is 78.8 Å². The highest BCUT2D eigenvalue weighted by atomic mass is 16.5. The first-order chi connectivity index (χ1) is 10.7. The lowest BCUT2D eigenvalue weighted by atomic mass is 9.75. The second-order valence-electron chi connectivity index (χ2n) is 8.30. The molecule has 0 bridgehead atoms. The van der Waals surface area contributed by atoms with Gasteiger partial charge in [0.1, 0.15) is 5.75 Å². The summed E-state index contributed by atoms with van der Waals surface area (Å²) in [4.78, 5) is 0. The largest absolute Gasteiger partial charge is 0.492 e. The maximum atomic E-state index is 5.68. The van der Waals surface area contributed by atoms with Gasteiger partial charge >= 0.3 is 0 Å². The highest BCUT2D eigenvalue weighted by molar-refractivity contribution is 5.43. The van der Waals surface area contributed by atoms with Gasteiger partial charge in [0.15, 0.2) is 0 Å². The molecular formula is C22H36O. The molecule has 0 amide bonds. The van der Waals surface area contributed by atoms with Gasteiger partial charge in [0, 0.05) is 11.0 Å². The van der Waals surface area contributed by atoms with E-state index >= 15 is 0 Å². The summed E-state index contributed by atoms with van der Waals surface area (Å²) in [5.41, 5.74) is 2.98. The van der Waals surface area contributed by atoms with Crippen molar-refractivity contribution in [1.29, 1.82) is 0 Å². The van der Waals surface area contributed by atoms with E-state index in [0.717, 1.165) is 24.2 Å². The molecule has 0 N–H and O–H groups in total. The van der Waals surface area contributed by atoms with Crippen molar-refractivity contribution < 1.29 is 4.74 Å². The summed E-state index contributed by atoms with van der Waals surface area (Å²) in [7, 11) is 0. The van der Waals surface area contributed by atoms with Gasteiger partial charge < -0.3 is 4.74 Å². The number of benzene rings is 1. The third-order valence-electron chi connectivity index (χ3n) is 4.70. The quantitative estimate of drug-likeness (QED) is 0.554. The molecule has 1 atom stereocenters. The zero-order chi connectivity index (χ0) is 17.6. The van der Waals surface area contributed by atoms with E-state index in [9.17, 15) is 0 Å². The predicted molar refractivity (Wildman–Crippen MR) is 102 cm³/mol. The summed E-state index contributed by atoms with van der Waals surface area (Å²) in [6, 6.07) is 8.37. The van der Waals surface area contributed by atoms with Crippen molar-refractivity contribution in [3.05, 3.63) is 42.0 Å². The fourth-order valence-corrected chi connectivity index (χ4v) is 3.09. The molecule has 23 heavy (non-hydrogen) atoms. The van der Waals surface area contributed by atoms with Crippen molar-refractivity contribution >= 4 is 0 Å². The van der Waals surface area contributed by atoms with Crippen LogP contribution in [0.4, 0.5) is 0 Å². The van der Waals surface area contributed by atoms with Gasteiger partial charge in [-0.25, -0.2) is 0 Å². The Balaban J connectivity index is 0.000000241. The van der Waals surface area contributed by atoms with Crippen LogP contribution in [0.5, 0.6) is 5.75 Å². The number of fused-ring (bicyclic) bond motifs is 1. The van der Waals surface area contributed by atoms with Crippen molar-refractivity contribution in [1.82, 2.24) is 0 Å². The van der Waals surface area contributed by atoms with Gasteiger partial charge in [0.05, 0.1) is 6.61 Å². The Morgan fingerprint density at radius 2 is 1.57 bits per heavy atom. The fourth-order valence-electron chi connectivity index (χ4n) is 3.09. The number of allylic oxidation sites excluding steroid dienone is 1. The van der Waals surface area contributed by atoms with E-state index in [2.05, 4.69) is 73.2 Å². The Bertz CT molecular complexity index is 486. The lowest BCUT2D eigenvalue weighted by molar-refractivity contribution is 0.231. The Kier molecular flexibility index (Phi) is 7.38. The zero-order valence-corrected chi connectivity index (χ0v) is 16.3. The van der Waals surface area contributed by atoms with Crippen molar-refractivity contribution in [3.8, 4) is 5.75 Å². The molecule has 1 nitrogen and oxygen atoms in total. The van der Waals surface area contributed by atoms with Crippen LogP contribution in [0.15, 0.2) is 36.4 Å². The van der Waals surface area contributed by atoms with Crippen LogP contribution in [0.3, 0.4) is 0 Å². The molecule has 0 aromatic heterocycles. The highest BCUT2D eigenvalue weighted by Crippen LogP contribution is 2.42. The van der Waals surface area contributed by atoms with Crippen molar-refractivity contribution in [2.24, 2.45) is 17.8 Å². The van der Waals surface area contributed by atoms with E-state index in [1.54, 1.807) is 0 Å². The summed E-state index contributed by atoms with van der Waals surface area (Å²) in [5, 5.41) is 0. The molecule has 0 spiro atoms. The molecule has 1 aliphatic heterocycles. The Hall–Kier alpha value is -1.24. The van der Waals surface area contributed by atoms with Gasteiger partial charge in [0.2, 0.25) is 0 Å². The summed E-state index contributed by atoms with van der Waals surface area (Å²) >= 11 is 0. The second kappa shape index (κ2) is 8.57. The van der Waals surface area contributed by atoms with E-state index < -0.39 is 0 Å². The van der Waals surface area contributed by atoms with Gasteiger partial charge in [-0.2, -0.15) is 0 Å². The molecule has 1 heteroatoms. The molecule has 1 aromatic rings. The normalized spacial score (nSPS) is 19.4. The van der Waals surface area contributed by atoms with Gasteiger partial charge in [-0.15, -0.1) is 0 Å². The molecule has 0 aliphatic carbocycles. The number of hydrogen-bond acceptors (Lipinski definition) is 1. The first kappa shape index (κ1) is 19.8. The molecule has 0 saturated carbocycles. The van der Waals surface area contributed by atoms with Crippen molar-refractivity contribution in [3.63, 3.8) is 0 Å². The first-order valence-electron chi connectivity index (χ1n) is 9.05. The van der Waals surface area contributed by atoms with Gasteiger partial charge in [-0.05, 0) is 36.7 Å². The summed E-state index contributed by atoms with van der Waals surface area (Å²) in [6.45, 7) is 20.6. The number of para-hydroxylation sites is 1. The maximum Gasteiger partial charge on any atom is 0.123 e. The van der Waals surface area contributed by atoms with E-state index in [1.807, 2.05) is 6.07 Å². The summed E-state index contributed by atoms with van der Waals surface area (Å²) < 4.78 is 5.68. The smallest absolute Gasteiger partial charge is 0.123 e. The van der Waals surface area contributed by atoms with E-state index in [-0.39, 0.29) is 5.41 Å². The van der Waals surface area contributed by atoms with Gasteiger partial charge in [-0.3, -0.25) is 0 Å². The predicted octanol–water partition coefficient (Wildman–Crippen LogP) is 6.63. The van der Waals surface area contributed by atoms with Crippen LogP contribution in [-0.2, 0) is 5.41 Å². The minimum Gasteiger partial charge on any atom is -0.492 e. The molecule has 0 saturated heterocycles. The van der Waals surface area contributed by atoms with Gasteiger partial charge in [0.25, 0.3) is 0 Å². The first-order valence-corrected chi connectivity index (χ1v) is 9.05. The maximum absolute atomic E-state index is 5.68. The van der Waals surface area contributed by atoms with Crippen LogP contribution in [-0.4, -0.2) is 6.61 Å². The summed E-state index contributed by atoms with van der Waals surface area (Å²) in [6.07, 6.45) is 2.39. The lowest BCUT2D eigenvalue weighted by Crippen LogP contribution is -2.30. The Morgan fingerprint density at radius 3 is 2.04 bits per heavy atom. The van der Waals surface area contributed by atoms with Crippen LogP contribution in [0, 0.1) is 17.8 Å². The summed E-state index contributed by atoms with van der Waals surface area (Å²) in [5.74, 6) is 3.23. The third-order valence-corrected chi connectivity index (χ3v) is 4.70. The van der Waals surface area contributed by atoms with Crippen LogP contribution < -0.4 is 4.74 Å². The average molecular weight is 317 g/mol. The topological polar surface area (TPSA) is 9.23 Å². The second-order valence-corrected chi connectivity index (χ2v) is 8.30. The zero-order valence-electron chi connectivity index (χ0n) is 16.3. The number of ether oxygens (including phenoxy) is 1. The molecule has 130 valence electrons. The Morgan fingerprint density at radius 1 is 1.04 bits per heavy atom.